The highest BCUT2D eigenvalue weighted by Gasteiger charge is 2.14. The van der Waals surface area contributed by atoms with Crippen LogP contribution in [0.15, 0.2) is 4.36 Å². The normalized spacial score (nSPS) is 20.0. The van der Waals surface area contributed by atoms with Gasteiger partial charge < -0.3 is 9.84 Å². The molecule has 7 heteroatoms. The molecule has 0 aromatic heterocycles. The van der Waals surface area contributed by atoms with Crippen molar-refractivity contribution in [1.29, 1.82) is 0 Å². The van der Waals surface area contributed by atoms with Crippen molar-refractivity contribution in [2.24, 2.45) is 4.36 Å². The smallest absolute Gasteiger partial charge is 0.326 e. The molecule has 78 valence electrons. The lowest BCUT2D eigenvalue weighted by atomic mass is 10.7. The van der Waals surface area contributed by atoms with Gasteiger partial charge in [-0.2, -0.15) is 0 Å². The molecular weight excluding hydrogens is 218 g/mol. The summed E-state index contributed by atoms with van der Waals surface area (Å²) in [6.45, 7) is 0.475. The standard InChI is InChI=1S/C6H11NO4S.ClH/c8-6(9)5-7-12(10)3-1-11-2-4-12;/h1-5H2,(H,8,9);1H. The van der Waals surface area contributed by atoms with Gasteiger partial charge >= 0.3 is 5.97 Å². The van der Waals surface area contributed by atoms with Crippen molar-refractivity contribution in [2.45, 2.75) is 0 Å². The number of hydrogen-bond acceptors (Lipinski definition) is 4. The second kappa shape index (κ2) is 5.41. The van der Waals surface area contributed by atoms with E-state index in [1.807, 2.05) is 0 Å². The number of hydrogen-bond donors (Lipinski definition) is 1. The van der Waals surface area contributed by atoms with Gasteiger partial charge in [-0.15, -0.1) is 12.4 Å². The maximum atomic E-state index is 11.6. The summed E-state index contributed by atoms with van der Waals surface area (Å²) in [5, 5.41) is 8.31. The van der Waals surface area contributed by atoms with Crippen LogP contribution in [0.25, 0.3) is 0 Å². The quantitative estimate of drug-likeness (QED) is 0.723. The molecule has 1 fully saturated rings. The third-order valence-corrected chi connectivity index (χ3v) is 3.74. The summed E-state index contributed by atoms with van der Waals surface area (Å²) in [6.07, 6.45) is 0. The topological polar surface area (TPSA) is 76.0 Å². The van der Waals surface area contributed by atoms with Crippen molar-refractivity contribution in [3.8, 4) is 0 Å². The number of halogens is 1. The molecule has 1 rings (SSSR count). The Morgan fingerprint density at radius 1 is 1.46 bits per heavy atom. The average Bonchev–Trinajstić information content (AvgIpc) is 2.03. The molecule has 1 heterocycles. The maximum Gasteiger partial charge on any atom is 0.326 e. The molecule has 0 spiro atoms. The van der Waals surface area contributed by atoms with E-state index in [1.54, 1.807) is 0 Å². The zero-order chi connectivity index (χ0) is 9.03. The van der Waals surface area contributed by atoms with Gasteiger partial charge in [0.2, 0.25) is 0 Å². The molecule has 0 aromatic carbocycles. The molecule has 0 amide bonds. The van der Waals surface area contributed by atoms with E-state index in [4.69, 9.17) is 9.84 Å². The minimum atomic E-state index is -2.27. The van der Waals surface area contributed by atoms with E-state index in [9.17, 15) is 9.00 Å². The zero-order valence-electron chi connectivity index (χ0n) is 6.97. The Hall–Kier alpha value is -0.330. The van der Waals surface area contributed by atoms with E-state index in [1.165, 1.54) is 0 Å². The van der Waals surface area contributed by atoms with Crippen molar-refractivity contribution in [3.63, 3.8) is 0 Å². The van der Waals surface area contributed by atoms with Crippen molar-refractivity contribution in [2.75, 3.05) is 31.3 Å². The molecule has 5 nitrogen and oxygen atoms in total. The van der Waals surface area contributed by atoms with Gasteiger partial charge in [-0.1, -0.05) is 0 Å². The summed E-state index contributed by atoms with van der Waals surface area (Å²) in [6, 6.07) is 0. The Morgan fingerprint density at radius 2 is 2.00 bits per heavy atom. The van der Waals surface area contributed by atoms with Crippen LogP contribution in [0.2, 0.25) is 0 Å². The van der Waals surface area contributed by atoms with Gasteiger partial charge in [-0.25, -0.2) is 8.57 Å². The third-order valence-electron chi connectivity index (χ3n) is 1.53. The second-order valence-electron chi connectivity index (χ2n) is 2.47. The number of carboxylic acids is 1. The van der Waals surface area contributed by atoms with Gasteiger partial charge in [0, 0.05) is 0 Å². The van der Waals surface area contributed by atoms with Crippen LogP contribution >= 0.6 is 12.4 Å². The van der Waals surface area contributed by atoms with Crippen LogP contribution in [0.3, 0.4) is 0 Å². The fourth-order valence-electron chi connectivity index (χ4n) is 0.884. The minimum absolute atomic E-state index is 0. The van der Waals surface area contributed by atoms with Gasteiger partial charge in [0.15, 0.2) is 0 Å². The molecule has 13 heavy (non-hydrogen) atoms. The number of rotatable bonds is 2. The molecule has 1 aliphatic rings. The first kappa shape index (κ1) is 12.7. The highest BCUT2D eigenvalue weighted by molar-refractivity contribution is 7.93. The van der Waals surface area contributed by atoms with Crippen LogP contribution in [-0.2, 0) is 19.3 Å². The lowest BCUT2D eigenvalue weighted by molar-refractivity contribution is -0.135. The Morgan fingerprint density at radius 3 is 2.46 bits per heavy atom. The SMILES string of the molecule is Cl.O=C(O)CN=S1(=O)CCOCC1. The summed E-state index contributed by atoms with van der Waals surface area (Å²) in [5.41, 5.74) is 0. The second-order valence-corrected chi connectivity index (χ2v) is 5.09. The van der Waals surface area contributed by atoms with Crippen LogP contribution in [0.4, 0.5) is 0 Å². The Bertz CT molecular complexity index is 272. The Kier molecular flexibility index (Phi) is 5.27. The average molecular weight is 230 g/mol. The van der Waals surface area contributed by atoms with Crippen molar-refractivity contribution < 1.29 is 18.8 Å². The molecule has 0 unspecified atom stereocenters. The lowest BCUT2D eigenvalue weighted by Gasteiger charge is -2.15. The summed E-state index contributed by atoms with van der Waals surface area (Å²) in [5.74, 6) is -0.315. The van der Waals surface area contributed by atoms with E-state index in [0.717, 1.165) is 0 Å². The molecule has 1 N–H and O–H groups in total. The van der Waals surface area contributed by atoms with Crippen LogP contribution in [0.1, 0.15) is 0 Å². The number of carboxylic acid groups (broad SMARTS) is 1. The highest BCUT2D eigenvalue weighted by Crippen LogP contribution is 2.02. The van der Waals surface area contributed by atoms with E-state index in [2.05, 4.69) is 4.36 Å². The van der Waals surface area contributed by atoms with Crippen LogP contribution in [-0.4, -0.2) is 46.5 Å². The van der Waals surface area contributed by atoms with Gasteiger partial charge in [-0.3, -0.25) is 4.79 Å². The van der Waals surface area contributed by atoms with Gasteiger partial charge in [-0.05, 0) is 0 Å². The molecule has 0 bridgehead atoms. The number of ether oxygens (including phenoxy) is 1. The van der Waals surface area contributed by atoms with Crippen LogP contribution in [0, 0.1) is 0 Å². The first-order valence-electron chi connectivity index (χ1n) is 3.60. The molecule has 0 radical (unpaired) electrons. The largest absolute Gasteiger partial charge is 0.480 e. The van der Waals surface area contributed by atoms with E-state index >= 15 is 0 Å². The first-order chi connectivity index (χ1) is 5.62. The predicted octanol–water partition coefficient (Wildman–Crippen LogP) is -0.00900. The summed E-state index contributed by atoms with van der Waals surface area (Å²) >= 11 is 0. The molecule has 0 aromatic rings. The third kappa shape index (κ3) is 4.44. The fourth-order valence-corrected chi connectivity index (χ4v) is 2.45. The fraction of sp³-hybridized carbons (Fsp3) is 0.833. The van der Waals surface area contributed by atoms with E-state index < -0.39 is 15.7 Å². The van der Waals surface area contributed by atoms with Crippen molar-refractivity contribution in [3.05, 3.63) is 0 Å². The number of carbonyl (C=O) groups is 1. The zero-order valence-corrected chi connectivity index (χ0v) is 8.60. The molecule has 0 saturated carbocycles. The molecular formula is C6H12ClNO4S. The minimum Gasteiger partial charge on any atom is -0.480 e. The van der Waals surface area contributed by atoms with E-state index in [-0.39, 0.29) is 19.0 Å². The Labute approximate surface area is 83.1 Å². The van der Waals surface area contributed by atoms with Gasteiger partial charge in [0.25, 0.3) is 0 Å². The van der Waals surface area contributed by atoms with Gasteiger partial charge in [0.1, 0.15) is 6.54 Å². The highest BCUT2D eigenvalue weighted by atomic mass is 35.5. The van der Waals surface area contributed by atoms with E-state index in [0.29, 0.717) is 24.7 Å². The molecule has 0 aliphatic carbocycles. The number of aliphatic carboxylic acids is 1. The molecule has 0 atom stereocenters. The van der Waals surface area contributed by atoms with Crippen LogP contribution in [0.5, 0.6) is 0 Å². The van der Waals surface area contributed by atoms with Gasteiger partial charge in [0.05, 0.1) is 34.4 Å². The molecule has 1 saturated heterocycles. The Balaban J connectivity index is 0.00000144. The monoisotopic (exact) mass is 229 g/mol. The van der Waals surface area contributed by atoms with Crippen molar-refractivity contribution in [1.82, 2.24) is 0 Å². The van der Waals surface area contributed by atoms with Crippen LogP contribution < -0.4 is 0 Å². The predicted molar refractivity (Wildman–Crippen MR) is 50.9 cm³/mol. The summed E-state index contributed by atoms with van der Waals surface area (Å²) in [4.78, 5) is 10.1. The maximum absolute atomic E-state index is 11.6. The molecule has 1 aliphatic heterocycles. The summed E-state index contributed by atoms with van der Waals surface area (Å²) in [7, 11) is -2.27. The van der Waals surface area contributed by atoms with Crippen molar-refractivity contribution >= 4 is 28.1 Å². The first-order valence-corrected chi connectivity index (χ1v) is 5.45. The summed E-state index contributed by atoms with van der Waals surface area (Å²) < 4.78 is 20.2. The lowest BCUT2D eigenvalue weighted by Crippen LogP contribution is -2.26. The number of nitrogens with zero attached hydrogens (tertiary/aromatic N) is 1.